The molecule has 0 N–H and O–H groups in total. The summed E-state index contributed by atoms with van der Waals surface area (Å²) in [6.45, 7) is 0. The summed E-state index contributed by atoms with van der Waals surface area (Å²) in [6.07, 6.45) is 0. The van der Waals surface area contributed by atoms with Gasteiger partial charge in [-0.1, -0.05) is 146 Å². The zero-order chi connectivity index (χ0) is 23.9. The maximum atomic E-state index is 2.28. The monoisotopic (exact) mass is 456 g/mol. The van der Waals surface area contributed by atoms with Crippen LogP contribution < -0.4 is 0 Å². The fraction of sp³-hybridized carbons (Fsp3) is 0. The molecule has 0 aliphatic heterocycles. The molecule has 0 aromatic heterocycles. The predicted molar refractivity (Wildman–Crippen MR) is 155 cm³/mol. The zero-order valence-corrected chi connectivity index (χ0v) is 19.9. The summed E-state index contributed by atoms with van der Waals surface area (Å²) >= 11 is 0. The Balaban J connectivity index is 1.54. The zero-order valence-electron chi connectivity index (χ0n) is 19.9. The molecule has 0 heterocycles. The first-order valence-electron chi connectivity index (χ1n) is 12.5. The average molecular weight is 457 g/mol. The first kappa shape index (κ1) is 20.7. The van der Waals surface area contributed by atoms with E-state index in [1.54, 1.807) is 0 Å². The van der Waals surface area contributed by atoms with Crippen molar-refractivity contribution in [3.8, 4) is 33.4 Å². The molecule has 0 atom stereocenters. The predicted octanol–water partition coefficient (Wildman–Crippen LogP) is 10.1. The number of rotatable bonds is 3. The van der Waals surface area contributed by atoms with Gasteiger partial charge in [-0.25, -0.2) is 0 Å². The van der Waals surface area contributed by atoms with Crippen LogP contribution >= 0.6 is 0 Å². The third kappa shape index (κ3) is 3.31. The smallest absolute Gasteiger partial charge is 0.00201 e. The molecule has 0 fully saturated rings. The lowest BCUT2D eigenvalue weighted by Crippen LogP contribution is -1.91. The van der Waals surface area contributed by atoms with Gasteiger partial charge >= 0.3 is 0 Å². The fourth-order valence-electron chi connectivity index (χ4n) is 5.63. The van der Waals surface area contributed by atoms with Gasteiger partial charge in [0.05, 0.1) is 0 Å². The van der Waals surface area contributed by atoms with Crippen LogP contribution in [-0.4, -0.2) is 0 Å². The number of benzene rings is 7. The summed E-state index contributed by atoms with van der Waals surface area (Å²) in [7, 11) is 0. The second kappa shape index (κ2) is 8.52. The summed E-state index contributed by atoms with van der Waals surface area (Å²) < 4.78 is 0. The Labute approximate surface area is 211 Å². The average Bonchev–Trinajstić information content (AvgIpc) is 2.96. The van der Waals surface area contributed by atoms with Gasteiger partial charge in [0.15, 0.2) is 0 Å². The molecule has 7 rings (SSSR count). The van der Waals surface area contributed by atoms with Crippen LogP contribution in [-0.2, 0) is 0 Å². The van der Waals surface area contributed by atoms with Crippen LogP contribution in [0.25, 0.3) is 65.7 Å². The Kier molecular flexibility index (Phi) is 4.89. The van der Waals surface area contributed by atoms with Crippen LogP contribution in [0, 0.1) is 0 Å². The molecule has 168 valence electrons. The van der Waals surface area contributed by atoms with Crippen molar-refractivity contribution in [3.05, 3.63) is 146 Å². The summed E-state index contributed by atoms with van der Waals surface area (Å²) in [5.41, 5.74) is 7.61. The van der Waals surface area contributed by atoms with E-state index in [1.807, 2.05) is 0 Å². The second-order valence-corrected chi connectivity index (χ2v) is 9.31. The maximum absolute atomic E-state index is 2.28. The van der Waals surface area contributed by atoms with Crippen LogP contribution in [0.3, 0.4) is 0 Å². The fourth-order valence-corrected chi connectivity index (χ4v) is 5.63. The summed E-state index contributed by atoms with van der Waals surface area (Å²) in [4.78, 5) is 0. The van der Waals surface area contributed by atoms with Crippen molar-refractivity contribution in [2.75, 3.05) is 0 Å². The van der Waals surface area contributed by atoms with Crippen molar-refractivity contribution in [2.24, 2.45) is 0 Å². The van der Waals surface area contributed by atoms with E-state index in [0.29, 0.717) is 0 Å². The van der Waals surface area contributed by atoms with Crippen molar-refractivity contribution < 1.29 is 0 Å². The standard InChI is InChI=1S/C36H24/c1-2-11-25(12-3-1)26-21-23-28(24-22-26)35-31-16-6-8-18-33(31)36(34-19-9-7-17-32(34)35)30-20-10-14-27-13-4-5-15-29(27)30/h1-24H. The number of hydrogen-bond donors (Lipinski definition) is 0. The molecule has 0 nitrogen and oxygen atoms in total. The van der Waals surface area contributed by atoms with E-state index < -0.39 is 0 Å². The molecule has 7 aromatic carbocycles. The molecular weight excluding hydrogens is 432 g/mol. The van der Waals surface area contributed by atoms with Gasteiger partial charge in [0.2, 0.25) is 0 Å². The van der Waals surface area contributed by atoms with Gasteiger partial charge in [-0.3, -0.25) is 0 Å². The van der Waals surface area contributed by atoms with E-state index in [9.17, 15) is 0 Å². The van der Waals surface area contributed by atoms with Crippen LogP contribution in [0.2, 0.25) is 0 Å². The number of fused-ring (bicyclic) bond motifs is 3. The highest BCUT2D eigenvalue weighted by molar-refractivity contribution is 6.23. The van der Waals surface area contributed by atoms with E-state index in [0.717, 1.165) is 0 Å². The highest BCUT2D eigenvalue weighted by Crippen LogP contribution is 2.45. The molecule has 7 aromatic rings. The van der Waals surface area contributed by atoms with Crippen LogP contribution in [0.15, 0.2) is 146 Å². The van der Waals surface area contributed by atoms with E-state index in [-0.39, 0.29) is 0 Å². The lowest BCUT2D eigenvalue weighted by molar-refractivity contribution is 1.61. The summed E-state index contributed by atoms with van der Waals surface area (Å²) in [6, 6.07) is 52.7. The molecular formula is C36H24. The van der Waals surface area contributed by atoms with Crippen molar-refractivity contribution in [3.63, 3.8) is 0 Å². The van der Waals surface area contributed by atoms with Gasteiger partial charge in [0, 0.05) is 0 Å². The van der Waals surface area contributed by atoms with Gasteiger partial charge in [0.1, 0.15) is 0 Å². The Morgan fingerprint density at radius 1 is 0.250 bits per heavy atom. The van der Waals surface area contributed by atoms with Crippen molar-refractivity contribution in [2.45, 2.75) is 0 Å². The van der Waals surface area contributed by atoms with Gasteiger partial charge < -0.3 is 0 Å². The maximum Gasteiger partial charge on any atom is -0.00201 e. The molecule has 0 heteroatoms. The first-order valence-corrected chi connectivity index (χ1v) is 12.5. The second-order valence-electron chi connectivity index (χ2n) is 9.31. The van der Waals surface area contributed by atoms with Gasteiger partial charge in [-0.05, 0) is 65.7 Å². The SMILES string of the molecule is c1ccc(-c2ccc(-c3c4ccccc4c(-c4cccc5ccccc45)c4ccccc34)cc2)cc1. The van der Waals surface area contributed by atoms with Crippen LogP contribution in [0.4, 0.5) is 0 Å². The van der Waals surface area contributed by atoms with Crippen molar-refractivity contribution >= 4 is 32.3 Å². The molecule has 0 saturated heterocycles. The van der Waals surface area contributed by atoms with E-state index in [1.165, 1.54) is 65.7 Å². The quantitative estimate of drug-likeness (QED) is 0.232. The van der Waals surface area contributed by atoms with E-state index in [4.69, 9.17) is 0 Å². The Morgan fingerprint density at radius 2 is 0.694 bits per heavy atom. The molecule has 0 spiro atoms. The van der Waals surface area contributed by atoms with Gasteiger partial charge in [-0.2, -0.15) is 0 Å². The van der Waals surface area contributed by atoms with Crippen molar-refractivity contribution in [1.29, 1.82) is 0 Å². The van der Waals surface area contributed by atoms with Crippen molar-refractivity contribution in [1.82, 2.24) is 0 Å². The summed E-state index contributed by atoms with van der Waals surface area (Å²) in [5, 5.41) is 7.70. The highest BCUT2D eigenvalue weighted by atomic mass is 14.2. The molecule has 0 saturated carbocycles. The van der Waals surface area contributed by atoms with Gasteiger partial charge in [0.25, 0.3) is 0 Å². The largest absolute Gasteiger partial charge is 0.0622 e. The Hall–Kier alpha value is -4.68. The highest BCUT2D eigenvalue weighted by Gasteiger charge is 2.17. The normalized spacial score (nSPS) is 11.3. The molecule has 0 aliphatic rings. The Morgan fingerprint density at radius 3 is 1.33 bits per heavy atom. The molecule has 0 bridgehead atoms. The van der Waals surface area contributed by atoms with Crippen LogP contribution in [0.5, 0.6) is 0 Å². The lowest BCUT2D eigenvalue weighted by Gasteiger charge is -2.19. The third-order valence-electron chi connectivity index (χ3n) is 7.27. The minimum Gasteiger partial charge on any atom is -0.0622 e. The minimum absolute atomic E-state index is 1.24. The molecule has 0 aliphatic carbocycles. The lowest BCUT2D eigenvalue weighted by atomic mass is 9.84. The minimum atomic E-state index is 1.24. The van der Waals surface area contributed by atoms with E-state index in [2.05, 4.69) is 146 Å². The van der Waals surface area contributed by atoms with Gasteiger partial charge in [-0.15, -0.1) is 0 Å². The molecule has 0 radical (unpaired) electrons. The molecule has 0 unspecified atom stereocenters. The topological polar surface area (TPSA) is 0 Å². The molecule has 0 amide bonds. The Bertz CT molecular complexity index is 1800. The number of hydrogen-bond acceptors (Lipinski definition) is 0. The first-order chi connectivity index (χ1) is 17.9. The summed E-state index contributed by atoms with van der Waals surface area (Å²) in [5.74, 6) is 0. The molecule has 36 heavy (non-hydrogen) atoms. The third-order valence-corrected chi connectivity index (χ3v) is 7.27. The van der Waals surface area contributed by atoms with E-state index >= 15 is 0 Å². The van der Waals surface area contributed by atoms with Crippen LogP contribution in [0.1, 0.15) is 0 Å².